The predicted molar refractivity (Wildman–Crippen MR) is 71.2 cm³/mol. The molecule has 18 heavy (non-hydrogen) atoms. The van der Waals surface area contributed by atoms with Crippen LogP contribution in [0.2, 0.25) is 0 Å². The summed E-state index contributed by atoms with van der Waals surface area (Å²) in [5.41, 5.74) is -0.244. The molecule has 1 aromatic rings. The third-order valence-corrected chi connectivity index (χ3v) is 3.11. The highest BCUT2D eigenvalue weighted by molar-refractivity contribution is 7.08. The summed E-state index contributed by atoms with van der Waals surface area (Å²) in [7, 11) is 0. The number of ether oxygens (including phenoxy) is 1. The maximum atomic E-state index is 11.5. The highest BCUT2D eigenvalue weighted by Gasteiger charge is 2.23. The van der Waals surface area contributed by atoms with Crippen LogP contribution in [0.25, 0.3) is 0 Å². The molecule has 5 heteroatoms. The van der Waals surface area contributed by atoms with Gasteiger partial charge in [-0.3, -0.25) is 4.79 Å². The third-order valence-electron chi connectivity index (χ3n) is 2.43. The lowest BCUT2D eigenvalue weighted by Crippen LogP contribution is -2.38. The second-order valence-corrected chi connectivity index (χ2v) is 4.85. The number of nitrogens with one attached hydrogen (secondary N) is 1. The van der Waals surface area contributed by atoms with E-state index in [-0.39, 0.29) is 32.1 Å². The number of terminal acetylenes is 1. The van der Waals surface area contributed by atoms with E-state index in [0.29, 0.717) is 0 Å². The van der Waals surface area contributed by atoms with Crippen LogP contribution in [0, 0.1) is 12.3 Å². The molecule has 4 nitrogen and oxygen atoms in total. The van der Waals surface area contributed by atoms with Crippen molar-refractivity contribution >= 4 is 17.2 Å². The molecule has 2 N–H and O–H groups in total. The molecule has 1 aromatic heterocycles. The Morgan fingerprint density at radius 3 is 3.11 bits per heavy atom. The van der Waals surface area contributed by atoms with Crippen molar-refractivity contribution in [1.82, 2.24) is 5.32 Å². The second-order valence-electron chi connectivity index (χ2n) is 4.07. The molecule has 0 spiro atoms. The van der Waals surface area contributed by atoms with E-state index in [2.05, 4.69) is 11.2 Å². The van der Waals surface area contributed by atoms with E-state index < -0.39 is 5.60 Å². The van der Waals surface area contributed by atoms with Gasteiger partial charge in [-0.15, -0.1) is 6.42 Å². The maximum Gasteiger partial charge on any atom is 0.222 e. The van der Waals surface area contributed by atoms with Crippen LogP contribution in [0.3, 0.4) is 0 Å². The van der Waals surface area contributed by atoms with Crippen LogP contribution in [0.4, 0.5) is 0 Å². The summed E-state index contributed by atoms with van der Waals surface area (Å²) >= 11 is 1.51. The van der Waals surface area contributed by atoms with Crippen LogP contribution in [0.15, 0.2) is 16.8 Å². The van der Waals surface area contributed by atoms with Gasteiger partial charge in [-0.1, -0.05) is 5.92 Å². The van der Waals surface area contributed by atoms with E-state index in [1.807, 2.05) is 16.8 Å². The smallest absolute Gasteiger partial charge is 0.222 e. The molecule has 1 heterocycles. The van der Waals surface area contributed by atoms with Crippen molar-refractivity contribution < 1.29 is 14.6 Å². The lowest BCUT2D eigenvalue weighted by Gasteiger charge is -2.22. The highest BCUT2D eigenvalue weighted by Crippen LogP contribution is 2.21. The Morgan fingerprint density at radius 1 is 1.72 bits per heavy atom. The third kappa shape index (κ3) is 4.88. The van der Waals surface area contributed by atoms with Crippen molar-refractivity contribution in [3.63, 3.8) is 0 Å². The molecule has 1 unspecified atom stereocenters. The first-order chi connectivity index (χ1) is 8.56. The zero-order valence-corrected chi connectivity index (χ0v) is 11.1. The maximum absolute atomic E-state index is 11.5. The topological polar surface area (TPSA) is 58.6 Å². The molecule has 0 aliphatic heterocycles. The van der Waals surface area contributed by atoms with E-state index in [1.54, 1.807) is 6.92 Å². The standard InChI is InChI=1S/C13H17NO3S/c1-3-6-17-7-4-12(15)14-10-13(2,16)11-5-8-18-9-11/h1,5,8-9,16H,4,6-7,10H2,2H3,(H,14,15). The number of amides is 1. The molecule has 0 aromatic carbocycles. The molecule has 0 saturated heterocycles. The van der Waals surface area contributed by atoms with Crippen molar-refractivity contribution in [3.05, 3.63) is 22.4 Å². The number of thiophene rings is 1. The van der Waals surface area contributed by atoms with Gasteiger partial charge in [-0.2, -0.15) is 11.3 Å². The van der Waals surface area contributed by atoms with Crippen molar-refractivity contribution in [3.8, 4) is 12.3 Å². The van der Waals surface area contributed by atoms with Gasteiger partial charge < -0.3 is 15.2 Å². The summed E-state index contributed by atoms with van der Waals surface area (Å²) in [6, 6.07) is 1.84. The molecule has 0 bridgehead atoms. The monoisotopic (exact) mass is 267 g/mol. The number of carbonyl (C=O) groups is 1. The number of hydrogen-bond donors (Lipinski definition) is 2. The summed E-state index contributed by atoms with van der Waals surface area (Å²) in [4.78, 5) is 11.5. The summed E-state index contributed by atoms with van der Waals surface area (Å²) in [5.74, 6) is 2.16. The van der Waals surface area contributed by atoms with Crippen molar-refractivity contribution in [2.24, 2.45) is 0 Å². The van der Waals surface area contributed by atoms with E-state index >= 15 is 0 Å². The largest absolute Gasteiger partial charge is 0.384 e. The number of hydrogen-bond acceptors (Lipinski definition) is 4. The average Bonchev–Trinajstić information content (AvgIpc) is 2.87. The zero-order valence-electron chi connectivity index (χ0n) is 10.3. The van der Waals surface area contributed by atoms with Gasteiger partial charge in [0.05, 0.1) is 19.6 Å². The normalized spacial score (nSPS) is 13.6. The molecule has 0 aliphatic rings. The Kier molecular flexibility index (Phi) is 5.86. The minimum absolute atomic E-state index is 0.164. The average molecular weight is 267 g/mol. The predicted octanol–water partition coefficient (Wildman–Crippen LogP) is 1.11. The Labute approximate surface area is 111 Å². The minimum atomic E-state index is -1.05. The van der Waals surface area contributed by atoms with Crippen LogP contribution in [0.5, 0.6) is 0 Å². The fourth-order valence-corrected chi connectivity index (χ4v) is 2.11. The number of carbonyl (C=O) groups excluding carboxylic acids is 1. The van der Waals surface area contributed by atoms with Gasteiger partial charge in [0, 0.05) is 0 Å². The summed E-state index contributed by atoms with van der Waals surface area (Å²) < 4.78 is 5.00. The first kappa shape index (κ1) is 14.7. The summed E-state index contributed by atoms with van der Waals surface area (Å²) in [5, 5.41) is 16.6. The van der Waals surface area contributed by atoms with Crippen molar-refractivity contribution in [2.75, 3.05) is 19.8 Å². The lowest BCUT2D eigenvalue weighted by molar-refractivity contribution is -0.123. The van der Waals surface area contributed by atoms with Crippen molar-refractivity contribution in [1.29, 1.82) is 0 Å². The zero-order chi connectivity index (χ0) is 13.4. The van der Waals surface area contributed by atoms with Crippen LogP contribution in [0.1, 0.15) is 18.9 Å². The first-order valence-corrected chi connectivity index (χ1v) is 6.53. The Balaban J connectivity index is 2.28. The molecule has 98 valence electrons. The van der Waals surface area contributed by atoms with Gasteiger partial charge in [-0.25, -0.2) is 0 Å². The molecular formula is C13H17NO3S. The van der Waals surface area contributed by atoms with Crippen LogP contribution < -0.4 is 5.32 Å². The Morgan fingerprint density at radius 2 is 2.50 bits per heavy atom. The van der Waals surface area contributed by atoms with Gasteiger partial charge in [0.2, 0.25) is 5.91 Å². The molecular weight excluding hydrogens is 250 g/mol. The molecule has 0 aliphatic carbocycles. The van der Waals surface area contributed by atoms with E-state index in [4.69, 9.17) is 11.2 Å². The van der Waals surface area contributed by atoms with Gasteiger partial charge >= 0.3 is 0 Å². The Hall–Kier alpha value is -1.35. The minimum Gasteiger partial charge on any atom is -0.384 e. The van der Waals surface area contributed by atoms with Crippen LogP contribution in [-0.2, 0) is 15.1 Å². The Bertz CT molecular complexity index is 406. The lowest BCUT2D eigenvalue weighted by atomic mass is 9.99. The first-order valence-electron chi connectivity index (χ1n) is 5.59. The molecule has 1 amide bonds. The summed E-state index contributed by atoms with van der Waals surface area (Å²) in [6.45, 7) is 2.35. The van der Waals surface area contributed by atoms with Gasteiger partial charge in [-0.05, 0) is 29.3 Å². The second kappa shape index (κ2) is 7.17. The molecule has 0 radical (unpaired) electrons. The molecule has 0 fully saturated rings. The van der Waals surface area contributed by atoms with E-state index in [1.165, 1.54) is 11.3 Å². The fourth-order valence-electron chi connectivity index (χ4n) is 1.33. The molecule has 0 saturated carbocycles. The molecule has 1 atom stereocenters. The van der Waals surface area contributed by atoms with Gasteiger partial charge in [0.1, 0.15) is 12.2 Å². The number of aliphatic hydroxyl groups is 1. The van der Waals surface area contributed by atoms with Crippen molar-refractivity contribution in [2.45, 2.75) is 18.9 Å². The van der Waals surface area contributed by atoms with E-state index in [0.717, 1.165) is 5.56 Å². The SMILES string of the molecule is C#CCOCCC(=O)NCC(C)(O)c1ccsc1. The van der Waals surface area contributed by atoms with Crippen LogP contribution in [-0.4, -0.2) is 30.8 Å². The van der Waals surface area contributed by atoms with Crippen LogP contribution >= 0.6 is 11.3 Å². The number of rotatable bonds is 7. The highest BCUT2D eigenvalue weighted by atomic mass is 32.1. The quantitative estimate of drug-likeness (QED) is 0.575. The van der Waals surface area contributed by atoms with E-state index in [9.17, 15) is 9.90 Å². The molecule has 1 rings (SSSR count). The van der Waals surface area contributed by atoms with Gasteiger partial charge in [0.25, 0.3) is 0 Å². The van der Waals surface area contributed by atoms with Gasteiger partial charge in [0.15, 0.2) is 0 Å². The fraction of sp³-hybridized carbons (Fsp3) is 0.462. The summed E-state index contributed by atoms with van der Waals surface area (Å²) in [6.07, 6.45) is 5.25.